The summed E-state index contributed by atoms with van der Waals surface area (Å²) in [7, 11) is 0. The number of alkyl carbamates (subject to hydrolysis) is 1. The fourth-order valence-electron chi connectivity index (χ4n) is 2.10. The normalized spacial score (nSPS) is 17.3. The van der Waals surface area contributed by atoms with E-state index in [1.165, 1.54) is 10.9 Å². The molecule has 0 aliphatic carbocycles. The van der Waals surface area contributed by atoms with Crippen molar-refractivity contribution in [1.82, 2.24) is 25.3 Å². The van der Waals surface area contributed by atoms with Gasteiger partial charge in [-0.2, -0.15) is 0 Å². The minimum atomic E-state index is -1.18. The lowest BCUT2D eigenvalue weighted by molar-refractivity contribution is 0.0691. The van der Waals surface area contributed by atoms with Crippen LogP contribution in [-0.4, -0.2) is 49.8 Å². The van der Waals surface area contributed by atoms with E-state index in [9.17, 15) is 14.7 Å². The number of hydrogen-bond donors (Lipinski definition) is 2. The number of rotatable bonds is 4. The van der Waals surface area contributed by atoms with E-state index < -0.39 is 18.2 Å². The molecule has 0 radical (unpaired) electrons. The number of carbonyl (C=O) groups excluding carboxylic acids is 1. The van der Waals surface area contributed by atoms with Gasteiger partial charge in [0.2, 0.25) is 0 Å². The summed E-state index contributed by atoms with van der Waals surface area (Å²) in [5, 5.41) is 19.3. The monoisotopic (exact) mass is 289 g/mol. The zero-order chi connectivity index (χ0) is 14.8. The Bertz CT molecular complexity index is 684. The maximum absolute atomic E-state index is 11.3. The maximum Gasteiger partial charge on any atom is 0.407 e. The topological polar surface area (TPSA) is 119 Å². The molecule has 0 saturated carbocycles. The van der Waals surface area contributed by atoms with Gasteiger partial charge in [0, 0.05) is 18.0 Å². The number of aromatic nitrogens is 4. The van der Waals surface area contributed by atoms with Gasteiger partial charge in [-0.3, -0.25) is 4.98 Å². The molecule has 1 aliphatic heterocycles. The summed E-state index contributed by atoms with van der Waals surface area (Å²) in [5.74, 6) is -1.18. The molecule has 0 aromatic carbocycles. The summed E-state index contributed by atoms with van der Waals surface area (Å²) in [6.45, 7) is 0.552. The van der Waals surface area contributed by atoms with Gasteiger partial charge in [-0.15, -0.1) is 5.10 Å². The Morgan fingerprint density at radius 2 is 2.43 bits per heavy atom. The van der Waals surface area contributed by atoms with Crippen molar-refractivity contribution in [3.8, 4) is 11.3 Å². The van der Waals surface area contributed by atoms with E-state index in [1.54, 1.807) is 18.3 Å². The fourth-order valence-corrected chi connectivity index (χ4v) is 2.10. The number of cyclic esters (lactones) is 1. The molecule has 1 atom stereocenters. The molecule has 1 amide bonds. The van der Waals surface area contributed by atoms with E-state index in [0.717, 1.165) is 0 Å². The predicted molar refractivity (Wildman–Crippen MR) is 68.5 cm³/mol. The Morgan fingerprint density at radius 3 is 3.05 bits per heavy atom. The molecule has 1 fully saturated rings. The number of aromatic carboxylic acids is 1. The summed E-state index contributed by atoms with van der Waals surface area (Å²) in [6, 6.07) is 3.41. The Kier molecular flexibility index (Phi) is 3.22. The van der Waals surface area contributed by atoms with Gasteiger partial charge in [0.1, 0.15) is 11.8 Å². The number of ether oxygens (including phenoxy) is 1. The molecule has 3 rings (SSSR count). The van der Waals surface area contributed by atoms with Crippen LogP contribution in [0.25, 0.3) is 11.3 Å². The lowest BCUT2D eigenvalue weighted by Gasteiger charge is -2.10. The van der Waals surface area contributed by atoms with Gasteiger partial charge in [0.05, 0.1) is 13.1 Å². The molecular formula is C12H11N5O4. The molecule has 0 spiro atoms. The van der Waals surface area contributed by atoms with Crippen LogP contribution in [0.2, 0.25) is 0 Å². The highest BCUT2D eigenvalue weighted by Gasteiger charge is 2.27. The second-order valence-corrected chi connectivity index (χ2v) is 4.42. The molecule has 9 nitrogen and oxygen atoms in total. The first-order chi connectivity index (χ1) is 10.1. The Hall–Kier alpha value is -2.97. The molecule has 1 saturated heterocycles. The fraction of sp³-hybridized carbons (Fsp3) is 0.250. The molecule has 0 bridgehead atoms. The summed E-state index contributed by atoms with van der Waals surface area (Å²) in [6.07, 6.45) is 2.19. The van der Waals surface area contributed by atoms with E-state index in [1.807, 2.05) is 0 Å². The van der Waals surface area contributed by atoms with Crippen LogP contribution in [0.5, 0.6) is 0 Å². The van der Waals surface area contributed by atoms with Gasteiger partial charge < -0.3 is 15.2 Å². The van der Waals surface area contributed by atoms with Gasteiger partial charge in [-0.05, 0) is 12.1 Å². The molecular weight excluding hydrogens is 278 g/mol. The molecule has 1 aliphatic rings. The van der Waals surface area contributed by atoms with Crippen LogP contribution in [0.15, 0.2) is 24.5 Å². The number of hydrogen-bond acceptors (Lipinski definition) is 6. The highest BCUT2D eigenvalue weighted by molar-refractivity contribution is 5.92. The zero-order valence-corrected chi connectivity index (χ0v) is 10.8. The average Bonchev–Trinajstić information content (AvgIpc) is 3.07. The third-order valence-corrected chi connectivity index (χ3v) is 3.00. The second-order valence-electron chi connectivity index (χ2n) is 4.42. The van der Waals surface area contributed by atoms with E-state index in [2.05, 4.69) is 20.6 Å². The Morgan fingerprint density at radius 1 is 1.57 bits per heavy atom. The lowest BCUT2D eigenvalue weighted by atomic mass is 10.1. The van der Waals surface area contributed by atoms with Crippen LogP contribution >= 0.6 is 0 Å². The van der Waals surface area contributed by atoms with Crippen molar-refractivity contribution >= 4 is 12.1 Å². The number of nitrogens with zero attached hydrogens (tertiary/aromatic N) is 4. The maximum atomic E-state index is 11.3. The summed E-state index contributed by atoms with van der Waals surface area (Å²) in [5.41, 5.74) is 0.746. The van der Waals surface area contributed by atoms with Crippen molar-refractivity contribution in [1.29, 1.82) is 0 Å². The average molecular weight is 289 g/mol. The van der Waals surface area contributed by atoms with E-state index >= 15 is 0 Å². The smallest absolute Gasteiger partial charge is 0.407 e. The number of pyridine rings is 1. The van der Waals surface area contributed by atoms with Crippen molar-refractivity contribution in [2.75, 3.05) is 6.54 Å². The molecule has 2 aromatic rings. The molecule has 1 unspecified atom stereocenters. The largest absolute Gasteiger partial charge is 0.476 e. The third-order valence-electron chi connectivity index (χ3n) is 3.00. The zero-order valence-electron chi connectivity index (χ0n) is 10.8. The number of carboxylic acids is 1. The van der Waals surface area contributed by atoms with Crippen LogP contribution in [0.1, 0.15) is 10.5 Å². The molecule has 3 heterocycles. The first-order valence-corrected chi connectivity index (χ1v) is 6.17. The highest BCUT2D eigenvalue weighted by atomic mass is 16.6. The van der Waals surface area contributed by atoms with Crippen LogP contribution < -0.4 is 5.32 Å². The molecule has 2 aromatic heterocycles. The highest BCUT2D eigenvalue weighted by Crippen LogP contribution is 2.22. The number of carboxylic acid groups (broad SMARTS) is 1. The summed E-state index contributed by atoms with van der Waals surface area (Å²) < 4.78 is 6.43. The molecule has 2 N–H and O–H groups in total. The predicted octanol–water partition coefficient (Wildman–Crippen LogP) is 0.147. The quantitative estimate of drug-likeness (QED) is 0.821. The van der Waals surface area contributed by atoms with Gasteiger partial charge in [-0.1, -0.05) is 5.21 Å². The van der Waals surface area contributed by atoms with Crippen LogP contribution in [0.3, 0.4) is 0 Å². The third kappa shape index (κ3) is 2.53. The second kappa shape index (κ2) is 5.19. The van der Waals surface area contributed by atoms with Crippen molar-refractivity contribution in [2.24, 2.45) is 0 Å². The van der Waals surface area contributed by atoms with Crippen molar-refractivity contribution in [2.45, 2.75) is 12.6 Å². The van der Waals surface area contributed by atoms with Crippen molar-refractivity contribution in [3.05, 3.63) is 30.2 Å². The van der Waals surface area contributed by atoms with Crippen LogP contribution in [0.4, 0.5) is 4.79 Å². The molecule has 9 heteroatoms. The number of amides is 1. The van der Waals surface area contributed by atoms with Crippen LogP contribution in [0, 0.1) is 0 Å². The SMILES string of the molecule is O=C1NCC(Cn2nnc(C(=O)O)c2-c2cccnc2)O1. The van der Waals surface area contributed by atoms with Crippen LogP contribution in [-0.2, 0) is 11.3 Å². The van der Waals surface area contributed by atoms with Crippen molar-refractivity contribution < 1.29 is 19.4 Å². The standard InChI is InChI=1S/C12H11N5O4/c18-11(19)9-10(7-2-1-3-13-4-7)17(16-15-9)6-8-5-14-12(20)21-8/h1-4,8H,5-6H2,(H,14,20)(H,18,19). The van der Waals surface area contributed by atoms with E-state index in [0.29, 0.717) is 17.8 Å². The first-order valence-electron chi connectivity index (χ1n) is 6.17. The van der Waals surface area contributed by atoms with E-state index in [4.69, 9.17) is 4.74 Å². The Labute approximate surface area is 118 Å². The minimum Gasteiger partial charge on any atom is -0.476 e. The van der Waals surface area contributed by atoms with Gasteiger partial charge in [-0.25, -0.2) is 14.3 Å². The summed E-state index contributed by atoms with van der Waals surface area (Å²) in [4.78, 5) is 26.3. The van der Waals surface area contributed by atoms with Gasteiger partial charge >= 0.3 is 12.1 Å². The van der Waals surface area contributed by atoms with E-state index in [-0.39, 0.29) is 12.2 Å². The Balaban J connectivity index is 1.97. The first kappa shape index (κ1) is 13.0. The lowest BCUT2D eigenvalue weighted by Crippen LogP contribution is -2.22. The number of carbonyl (C=O) groups is 2. The van der Waals surface area contributed by atoms with Gasteiger partial charge in [0.15, 0.2) is 5.69 Å². The minimum absolute atomic E-state index is 0.166. The molecule has 108 valence electrons. The van der Waals surface area contributed by atoms with Gasteiger partial charge in [0.25, 0.3) is 0 Å². The summed E-state index contributed by atoms with van der Waals surface area (Å²) >= 11 is 0. The van der Waals surface area contributed by atoms with Crippen molar-refractivity contribution in [3.63, 3.8) is 0 Å². The number of nitrogens with one attached hydrogen (secondary N) is 1. The molecule has 21 heavy (non-hydrogen) atoms.